The Morgan fingerprint density at radius 3 is 2.72 bits per heavy atom. The number of hydrogen-bond acceptors (Lipinski definition) is 4. The molecule has 2 fully saturated rings. The minimum Gasteiger partial charge on any atom is -0.346 e. The normalized spacial score (nSPS) is 20.5. The SMILES string of the molecule is Cn1c(CN2CCN3C(=O)CN(Cc4cccs4)C(=O)C3C2)cc2ccccc21. The Labute approximate surface area is 173 Å². The summed E-state index contributed by atoms with van der Waals surface area (Å²) in [6, 6.07) is 14.2. The first-order valence-electron chi connectivity index (χ1n) is 9.96. The highest BCUT2D eigenvalue weighted by molar-refractivity contribution is 7.09. The van der Waals surface area contributed by atoms with E-state index in [1.807, 2.05) is 17.5 Å². The molecule has 6 nitrogen and oxygen atoms in total. The first kappa shape index (κ1) is 18.4. The number of carbonyl (C=O) groups excluding carboxylic acids is 2. The van der Waals surface area contributed by atoms with E-state index in [2.05, 4.69) is 46.8 Å². The zero-order chi connectivity index (χ0) is 20.0. The van der Waals surface area contributed by atoms with Crippen molar-refractivity contribution in [2.24, 2.45) is 7.05 Å². The molecule has 1 atom stereocenters. The maximum Gasteiger partial charge on any atom is 0.247 e. The number of rotatable bonds is 4. The second-order valence-corrected chi connectivity index (χ2v) is 8.90. The number of benzene rings is 1. The lowest BCUT2D eigenvalue weighted by Gasteiger charge is -2.46. The van der Waals surface area contributed by atoms with E-state index in [0.29, 0.717) is 19.6 Å². The van der Waals surface area contributed by atoms with Gasteiger partial charge in [0, 0.05) is 49.3 Å². The van der Waals surface area contributed by atoms with E-state index in [-0.39, 0.29) is 24.4 Å². The van der Waals surface area contributed by atoms with Gasteiger partial charge >= 0.3 is 0 Å². The molecule has 4 heterocycles. The van der Waals surface area contributed by atoms with Gasteiger partial charge in [0.1, 0.15) is 12.6 Å². The van der Waals surface area contributed by atoms with Crippen molar-refractivity contribution in [2.75, 3.05) is 26.2 Å². The number of amides is 2. The number of carbonyl (C=O) groups is 2. The molecule has 2 aromatic heterocycles. The molecule has 2 saturated heterocycles. The molecule has 1 aromatic carbocycles. The highest BCUT2D eigenvalue weighted by Gasteiger charge is 2.42. The summed E-state index contributed by atoms with van der Waals surface area (Å²) in [5, 5.41) is 3.24. The largest absolute Gasteiger partial charge is 0.346 e. The van der Waals surface area contributed by atoms with Gasteiger partial charge < -0.3 is 14.4 Å². The van der Waals surface area contributed by atoms with Crippen LogP contribution in [0.5, 0.6) is 0 Å². The summed E-state index contributed by atoms with van der Waals surface area (Å²) in [6.07, 6.45) is 0. The molecular formula is C22H24N4O2S. The van der Waals surface area contributed by atoms with E-state index in [1.54, 1.807) is 21.1 Å². The first-order chi connectivity index (χ1) is 14.1. The van der Waals surface area contributed by atoms with Gasteiger partial charge in [-0.15, -0.1) is 11.3 Å². The van der Waals surface area contributed by atoms with Gasteiger partial charge in [-0.2, -0.15) is 0 Å². The Bertz CT molecular complexity index is 1060. The smallest absolute Gasteiger partial charge is 0.247 e. The fraction of sp³-hybridized carbons (Fsp3) is 0.364. The van der Waals surface area contributed by atoms with Crippen LogP contribution in [-0.4, -0.2) is 63.3 Å². The van der Waals surface area contributed by atoms with Crippen LogP contribution in [0.15, 0.2) is 47.8 Å². The molecule has 2 aliphatic heterocycles. The van der Waals surface area contributed by atoms with Crippen molar-refractivity contribution in [1.82, 2.24) is 19.3 Å². The Morgan fingerprint density at radius 2 is 1.93 bits per heavy atom. The van der Waals surface area contributed by atoms with E-state index < -0.39 is 0 Å². The maximum absolute atomic E-state index is 13.1. The third kappa shape index (κ3) is 3.34. The van der Waals surface area contributed by atoms with Crippen LogP contribution in [0.4, 0.5) is 0 Å². The van der Waals surface area contributed by atoms with Crippen molar-refractivity contribution in [3.63, 3.8) is 0 Å². The van der Waals surface area contributed by atoms with Crippen LogP contribution < -0.4 is 0 Å². The molecule has 0 radical (unpaired) electrons. The maximum atomic E-state index is 13.1. The van der Waals surface area contributed by atoms with E-state index in [4.69, 9.17) is 0 Å². The number of hydrogen-bond donors (Lipinski definition) is 0. The molecule has 5 rings (SSSR count). The van der Waals surface area contributed by atoms with Crippen LogP contribution in [0.1, 0.15) is 10.6 Å². The highest BCUT2D eigenvalue weighted by atomic mass is 32.1. The average molecular weight is 409 g/mol. The summed E-state index contributed by atoms with van der Waals surface area (Å²) in [7, 11) is 2.09. The van der Waals surface area contributed by atoms with Crippen molar-refractivity contribution < 1.29 is 9.59 Å². The number of aromatic nitrogens is 1. The predicted molar refractivity (Wildman–Crippen MR) is 113 cm³/mol. The van der Waals surface area contributed by atoms with Gasteiger partial charge in [-0.1, -0.05) is 24.3 Å². The van der Waals surface area contributed by atoms with E-state index >= 15 is 0 Å². The number of aryl methyl sites for hydroxylation is 1. The highest BCUT2D eigenvalue weighted by Crippen LogP contribution is 2.24. The third-order valence-corrected chi connectivity index (χ3v) is 6.93. The molecule has 3 aromatic rings. The minimum atomic E-state index is -0.375. The number of thiophene rings is 1. The van der Waals surface area contributed by atoms with E-state index in [1.165, 1.54) is 16.6 Å². The van der Waals surface area contributed by atoms with E-state index in [9.17, 15) is 9.59 Å². The number of fused-ring (bicyclic) bond motifs is 2. The quantitative estimate of drug-likeness (QED) is 0.666. The van der Waals surface area contributed by atoms with Gasteiger partial charge in [-0.25, -0.2) is 0 Å². The van der Waals surface area contributed by atoms with Crippen molar-refractivity contribution in [1.29, 1.82) is 0 Å². The minimum absolute atomic E-state index is 0.0652. The van der Waals surface area contributed by atoms with Crippen LogP contribution in [0.25, 0.3) is 10.9 Å². The van der Waals surface area contributed by atoms with Gasteiger partial charge in [-0.05, 0) is 29.0 Å². The Hall–Kier alpha value is -2.64. The second-order valence-electron chi connectivity index (χ2n) is 7.87. The lowest BCUT2D eigenvalue weighted by atomic mass is 10.1. The fourth-order valence-electron chi connectivity index (χ4n) is 4.49. The lowest BCUT2D eigenvalue weighted by molar-refractivity contribution is -0.160. The molecule has 0 N–H and O–H groups in total. The summed E-state index contributed by atoms with van der Waals surface area (Å²) in [4.78, 5) is 32.7. The number of para-hydroxylation sites is 1. The monoisotopic (exact) mass is 408 g/mol. The van der Waals surface area contributed by atoms with Gasteiger partial charge in [0.2, 0.25) is 11.8 Å². The first-order valence-corrected chi connectivity index (χ1v) is 10.8. The zero-order valence-corrected chi connectivity index (χ0v) is 17.3. The molecule has 0 saturated carbocycles. The van der Waals surface area contributed by atoms with Gasteiger partial charge in [0.15, 0.2) is 0 Å². The molecule has 0 spiro atoms. The van der Waals surface area contributed by atoms with Gasteiger partial charge in [0.25, 0.3) is 0 Å². The molecule has 0 aliphatic carbocycles. The topological polar surface area (TPSA) is 48.8 Å². The predicted octanol–water partition coefficient (Wildman–Crippen LogP) is 2.29. The van der Waals surface area contributed by atoms with Crippen LogP contribution >= 0.6 is 11.3 Å². The summed E-state index contributed by atoms with van der Waals surface area (Å²) in [5.74, 6) is 0.134. The average Bonchev–Trinajstić information content (AvgIpc) is 3.34. The number of nitrogens with zero attached hydrogens (tertiary/aromatic N) is 4. The zero-order valence-electron chi connectivity index (χ0n) is 16.5. The molecule has 2 amide bonds. The summed E-state index contributed by atoms with van der Waals surface area (Å²) >= 11 is 1.62. The molecule has 150 valence electrons. The van der Waals surface area contributed by atoms with Crippen LogP contribution in [0.2, 0.25) is 0 Å². The van der Waals surface area contributed by atoms with Crippen LogP contribution in [0, 0.1) is 0 Å². The van der Waals surface area contributed by atoms with Crippen molar-refractivity contribution in [3.8, 4) is 0 Å². The molecule has 29 heavy (non-hydrogen) atoms. The Morgan fingerprint density at radius 1 is 1.07 bits per heavy atom. The van der Waals surface area contributed by atoms with Crippen molar-refractivity contribution >= 4 is 34.1 Å². The van der Waals surface area contributed by atoms with E-state index in [0.717, 1.165) is 18.0 Å². The molecular weight excluding hydrogens is 384 g/mol. The molecule has 7 heteroatoms. The van der Waals surface area contributed by atoms with Crippen LogP contribution in [-0.2, 0) is 29.7 Å². The Kier molecular flexibility index (Phi) is 4.64. The van der Waals surface area contributed by atoms with Gasteiger partial charge in [0.05, 0.1) is 6.54 Å². The van der Waals surface area contributed by atoms with Crippen molar-refractivity contribution in [3.05, 3.63) is 58.4 Å². The summed E-state index contributed by atoms with van der Waals surface area (Å²) < 4.78 is 2.22. The molecule has 1 unspecified atom stereocenters. The van der Waals surface area contributed by atoms with Gasteiger partial charge in [-0.3, -0.25) is 14.5 Å². The fourth-order valence-corrected chi connectivity index (χ4v) is 5.21. The standard InChI is InChI=1S/C22H24N4O2S/c1-23-17(11-16-5-2-3-7-19(16)23)12-24-8-9-26-20(14-24)22(28)25(15-21(26)27)13-18-6-4-10-29-18/h2-7,10-11,20H,8-9,12-15H2,1H3. The molecule has 0 bridgehead atoms. The Balaban J connectivity index is 1.33. The third-order valence-electron chi connectivity index (χ3n) is 6.07. The summed E-state index contributed by atoms with van der Waals surface area (Å²) in [5.41, 5.74) is 2.44. The van der Waals surface area contributed by atoms with Crippen LogP contribution in [0.3, 0.4) is 0 Å². The molecule has 2 aliphatic rings. The van der Waals surface area contributed by atoms with Crippen molar-refractivity contribution in [2.45, 2.75) is 19.1 Å². The number of piperazine rings is 2. The second kappa shape index (κ2) is 7.31. The summed E-state index contributed by atoms with van der Waals surface area (Å²) in [6.45, 7) is 3.50. The lowest BCUT2D eigenvalue weighted by Crippen LogP contribution is -2.66.